The molecule has 8 nitrogen and oxygen atoms in total. The summed E-state index contributed by atoms with van der Waals surface area (Å²) in [6, 6.07) is 7.80. The molecule has 29 heavy (non-hydrogen) atoms. The minimum Gasteiger partial charge on any atom is -0.450 e. The predicted octanol–water partition coefficient (Wildman–Crippen LogP) is 3.72. The van der Waals surface area contributed by atoms with Gasteiger partial charge in [0, 0.05) is 31.4 Å². The highest BCUT2D eigenvalue weighted by molar-refractivity contribution is 6.28. The standard InChI is InChI=1S/C20H27ClN6O2/c1-4-27(18-14(2)17(22)25-19(21)26-18)10-5-6-11-29-20(28)24-13-15-8-7-9-16(12-15)23-3/h4,7-9,12,23H,1,5-6,10-11,13H2,2-3H3,(H,24,28)(H2,22,25,26). The number of nitrogens with two attached hydrogens (primary N) is 1. The second kappa shape index (κ2) is 11.1. The van der Waals surface area contributed by atoms with Gasteiger partial charge in [0.25, 0.3) is 0 Å². The first-order valence-corrected chi connectivity index (χ1v) is 9.68. The second-order valence-electron chi connectivity index (χ2n) is 6.35. The van der Waals surface area contributed by atoms with E-state index in [0.29, 0.717) is 37.8 Å². The molecule has 0 aliphatic heterocycles. The molecule has 0 saturated heterocycles. The maximum Gasteiger partial charge on any atom is 0.407 e. The van der Waals surface area contributed by atoms with Crippen LogP contribution in [0.5, 0.6) is 0 Å². The molecule has 0 fully saturated rings. The predicted molar refractivity (Wildman–Crippen MR) is 117 cm³/mol. The van der Waals surface area contributed by atoms with Gasteiger partial charge in [0.1, 0.15) is 11.6 Å². The molecule has 156 valence electrons. The normalized spacial score (nSPS) is 10.3. The number of ether oxygens (including phenoxy) is 1. The lowest BCUT2D eigenvalue weighted by Gasteiger charge is -2.21. The molecule has 0 atom stereocenters. The Morgan fingerprint density at radius 2 is 2.17 bits per heavy atom. The summed E-state index contributed by atoms with van der Waals surface area (Å²) in [7, 11) is 1.85. The number of nitrogens with one attached hydrogen (secondary N) is 2. The van der Waals surface area contributed by atoms with Crippen molar-refractivity contribution >= 4 is 35.0 Å². The van der Waals surface area contributed by atoms with Crippen molar-refractivity contribution in [2.45, 2.75) is 26.3 Å². The third-order valence-electron chi connectivity index (χ3n) is 4.30. The molecule has 1 aromatic heterocycles. The summed E-state index contributed by atoms with van der Waals surface area (Å²) < 4.78 is 5.23. The quantitative estimate of drug-likeness (QED) is 0.399. The highest BCUT2D eigenvalue weighted by Crippen LogP contribution is 2.23. The number of carbonyl (C=O) groups excluding carboxylic acids is 1. The fourth-order valence-corrected chi connectivity index (χ4v) is 2.84. The van der Waals surface area contributed by atoms with Gasteiger partial charge in [-0.1, -0.05) is 18.7 Å². The maximum absolute atomic E-state index is 11.8. The average Bonchev–Trinajstić information content (AvgIpc) is 2.72. The van der Waals surface area contributed by atoms with Crippen LogP contribution in [0.1, 0.15) is 24.0 Å². The molecular formula is C20H27ClN6O2. The van der Waals surface area contributed by atoms with E-state index in [2.05, 4.69) is 27.2 Å². The minimum absolute atomic E-state index is 0.0928. The Hall–Kier alpha value is -3.00. The Morgan fingerprint density at radius 1 is 1.38 bits per heavy atom. The molecule has 1 heterocycles. The molecule has 1 amide bonds. The Kier molecular flexibility index (Phi) is 8.54. The largest absolute Gasteiger partial charge is 0.450 e. The lowest BCUT2D eigenvalue weighted by molar-refractivity contribution is 0.144. The van der Waals surface area contributed by atoms with Crippen LogP contribution in [0.15, 0.2) is 37.0 Å². The van der Waals surface area contributed by atoms with Gasteiger partial charge in [-0.3, -0.25) is 0 Å². The first kappa shape index (κ1) is 22.3. The fraction of sp³-hybridized carbons (Fsp3) is 0.350. The van der Waals surface area contributed by atoms with E-state index in [1.54, 1.807) is 6.20 Å². The molecule has 2 rings (SSSR count). The molecule has 0 unspecified atom stereocenters. The molecule has 0 aliphatic carbocycles. The van der Waals surface area contributed by atoms with Gasteiger partial charge in [0.2, 0.25) is 5.28 Å². The van der Waals surface area contributed by atoms with Crippen LogP contribution in [0.4, 0.5) is 22.1 Å². The summed E-state index contributed by atoms with van der Waals surface area (Å²) in [5, 5.41) is 5.90. The molecule has 0 aliphatic rings. The Morgan fingerprint density at radius 3 is 2.90 bits per heavy atom. The van der Waals surface area contributed by atoms with Crippen LogP contribution in [-0.4, -0.2) is 36.3 Å². The van der Waals surface area contributed by atoms with E-state index < -0.39 is 6.09 Å². The van der Waals surface area contributed by atoms with Gasteiger partial charge in [0.15, 0.2) is 0 Å². The van der Waals surface area contributed by atoms with Gasteiger partial charge in [-0.25, -0.2) is 9.78 Å². The second-order valence-corrected chi connectivity index (χ2v) is 6.69. The molecule has 2 aromatic rings. The number of halogens is 1. The van der Waals surface area contributed by atoms with Crippen LogP contribution in [0.3, 0.4) is 0 Å². The van der Waals surface area contributed by atoms with Gasteiger partial charge >= 0.3 is 6.09 Å². The van der Waals surface area contributed by atoms with Crippen LogP contribution >= 0.6 is 11.6 Å². The number of amides is 1. The first-order chi connectivity index (χ1) is 13.9. The lowest BCUT2D eigenvalue weighted by atomic mass is 10.2. The fourth-order valence-electron chi connectivity index (χ4n) is 2.67. The highest BCUT2D eigenvalue weighted by Gasteiger charge is 2.13. The molecule has 9 heteroatoms. The number of hydrogen-bond acceptors (Lipinski definition) is 7. The highest BCUT2D eigenvalue weighted by atomic mass is 35.5. The summed E-state index contributed by atoms with van der Waals surface area (Å²) in [6.07, 6.45) is 2.69. The summed E-state index contributed by atoms with van der Waals surface area (Å²) in [5.74, 6) is 0.965. The molecule has 4 N–H and O–H groups in total. The molecule has 1 aromatic carbocycles. The summed E-state index contributed by atoms with van der Waals surface area (Å²) in [6.45, 7) is 7.01. The monoisotopic (exact) mass is 418 g/mol. The Balaban J connectivity index is 1.71. The van der Waals surface area contributed by atoms with E-state index in [-0.39, 0.29) is 5.28 Å². The number of nitrogens with zero attached hydrogens (tertiary/aromatic N) is 3. The number of nitrogen functional groups attached to an aromatic ring is 1. The smallest absolute Gasteiger partial charge is 0.407 e. The summed E-state index contributed by atoms with van der Waals surface area (Å²) >= 11 is 5.90. The van der Waals surface area contributed by atoms with Crippen LogP contribution in [0.2, 0.25) is 5.28 Å². The van der Waals surface area contributed by atoms with Gasteiger partial charge in [-0.2, -0.15) is 4.98 Å². The molecule has 0 radical (unpaired) electrons. The zero-order valence-electron chi connectivity index (χ0n) is 16.7. The third-order valence-corrected chi connectivity index (χ3v) is 4.47. The first-order valence-electron chi connectivity index (χ1n) is 9.30. The number of aromatic nitrogens is 2. The van der Waals surface area contributed by atoms with E-state index in [1.807, 2.05) is 43.1 Å². The van der Waals surface area contributed by atoms with Crippen molar-refractivity contribution in [2.75, 3.05) is 36.1 Å². The zero-order chi connectivity index (χ0) is 21.2. The molecule has 0 saturated carbocycles. The number of benzene rings is 1. The van der Waals surface area contributed by atoms with Crippen molar-refractivity contribution in [1.29, 1.82) is 0 Å². The number of rotatable bonds is 10. The number of anilines is 3. The van der Waals surface area contributed by atoms with Crippen molar-refractivity contribution in [3.8, 4) is 0 Å². The minimum atomic E-state index is -0.438. The average molecular weight is 419 g/mol. The molecular weight excluding hydrogens is 392 g/mol. The lowest BCUT2D eigenvalue weighted by Crippen LogP contribution is -2.25. The Bertz CT molecular complexity index is 846. The van der Waals surface area contributed by atoms with E-state index in [9.17, 15) is 4.79 Å². The van der Waals surface area contributed by atoms with Crippen LogP contribution in [0.25, 0.3) is 0 Å². The third kappa shape index (κ3) is 6.83. The van der Waals surface area contributed by atoms with E-state index >= 15 is 0 Å². The zero-order valence-corrected chi connectivity index (χ0v) is 17.5. The number of unbranched alkanes of at least 4 members (excludes halogenated alkanes) is 1. The number of alkyl carbamates (subject to hydrolysis) is 1. The van der Waals surface area contributed by atoms with Crippen LogP contribution < -0.4 is 21.3 Å². The van der Waals surface area contributed by atoms with Crippen molar-refractivity contribution in [1.82, 2.24) is 15.3 Å². The van der Waals surface area contributed by atoms with Gasteiger partial charge < -0.3 is 26.0 Å². The van der Waals surface area contributed by atoms with Crippen LogP contribution in [0, 0.1) is 6.92 Å². The van der Waals surface area contributed by atoms with E-state index in [0.717, 1.165) is 23.2 Å². The maximum atomic E-state index is 11.8. The number of carbonyl (C=O) groups is 1. The molecule has 0 spiro atoms. The molecule has 0 bridgehead atoms. The summed E-state index contributed by atoms with van der Waals surface area (Å²) in [5.41, 5.74) is 8.57. The van der Waals surface area contributed by atoms with Gasteiger partial charge in [0.05, 0.1) is 6.61 Å². The van der Waals surface area contributed by atoms with Gasteiger partial charge in [-0.15, -0.1) is 0 Å². The van der Waals surface area contributed by atoms with Crippen molar-refractivity contribution in [3.63, 3.8) is 0 Å². The van der Waals surface area contributed by atoms with Gasteiger partial charge in [-0.05, 0) is 55.3 Å². The topological polar surface area (TPSA) is 105 Å². The SMILES string of the molecule is C=CN(CCCCOC(=O)NCc1cccc(NC)c1)c1nc(Cl)nc(N)c1C. The number of hydrogen-bond donors (Lipinski definition) is 3. The van der Waals surface area contributed by atoms with Crippen LogP contribution in [-0.2, 0) is 11.3 Å². The van der Waals surface area contributed by atoms with E-state index in [1.165, 1.54) is 0 Å². The Labute approximate surface area is 176 Å². The van der Waals surface area contributed by atoms with Crippen molar-refractivity contribution < 1.29 is 9.53 Å². The van der Waals surface area contributed by atoms with E-state index in [4.69, 9.17) is 22.1 Å². The van der Waals surface area contributed by atoms with Crippen molar-refractivity contribution in [2.24, 2.45) is 0 Å². The van der Waals surface area contributed by atoms with Crippen molar-refractivity contribution in [3.05, 3.63) is 53.5 Å². The summed E-state index contributed by atoms with van der Waals surface area (Å²) in [4.78, 5) is 21.9.